The molecule has 0 aliphatic carbocycles. The van der Waals surface area contributed by atoms with Gasteiger partial charge in [-0.25, -0.2) is 0 Å². The summed E-state index contributed by atoms with van der Waals surface area (Å²) in [5, 5.41) is 54.2. The third-order valence-electron chi connectivity index (χ3n) is 15.3. The molecule has 442 valence electrons. The molecule has 0 bridgehead atoms. The molecule has 0 spiro atoms. The molecule has 0 aromatic heterocycles. The fourth-order valence-electron chi connectivity index (χ4n) is 10.2. The van der Waals surface area contributed by atoms with E-state index in [2.05, 4.69) is 31.3 Å². The van der Waals surface area contributed by atoms with Gasteiger partial charge in [-0.15, -0.1) is 0 Å². The van der Waals surface area contributed by atoms with Crippen LogP contribution in [0.25, 0.3) is 0 Å². The number of rotatable bonds is 56. The fourth-order valence-corrected chi connectivity index (χ4v) is 10.2. The zero-order valence-electron chi connectivity index (χ0n) is 48.8. The highest BCUT2D eigenvalue weighted by Gasteiger charge is 2.44. The molecule has 1 aliphatic heterocycles. The van der Waals surface area contributed by atoms with Crippen molar-refractivity contribution in [3.63, 3.8) is 0 Å². The smallest absolute Gasteiger partial charge is 0.305 e. The van der Waals surface area contributed by atoms with E-state index in [1.54, 1.807) is 6.08 Å². The Morgan fingerprint density at radius 3 is 1.28 bits per heavy atom. The van der Waals surface area contributed by atoms with Gasteiger partial charge in [-0.2, -0.15) is 0 Å². The van der Waals surface area contributed by atoms with Crippen molar-refractivity contribution in [3.05, 3.63) is 24.3 Å². The number of esters is 1. The van der Waals surface area contributed by atoms with Crippen LogP contribution in [0.3, 0.4) is 0 Å². The largest absolute Gasteiger partial charge is 0.466 e. The lowest BCUT2D eigenvalue weighted by molar-refractivity contribution is -0.302. The van der Waals surface area contributed by atoms with Gasteiger partial charge >= 0.3 is 5.97 Å². The molecule has 7 unspecified atom stereocenters. The van der Waals surface area contributed by atoms with Crippen LogP contribution in [0.15, 0.2) is 24.3 Å². The Labute approximate surface area is 461 Å². The lowest BCUT2D eigenvalue weighted by Crippen LogP contribution is -2.60. The van der Waals surface area contributed by atoms with Gasteiger partial charge in [0.05, 0.1) is 32.0 Å². The van der Waals surface area contributed by atoms with Crippen LogP contribution < -0.4 is 5.32 Å². The number of allylic oxidation sites excluding steroid dienone is 3. The van der Waals surface area contributed by atoms with Crippen molar-refractivity contribution >= 4 is 11.9 Å². The second-order valence-electron chi connectivity index (χ2n) is 22.5. The van der Waals surface area contributed by atoms with Gasteiger partial charge in [0.2, 0.25) is 5.91 Å². The molecule has 0 aromatic rings. The van der Waals surface area contributed by atoms with Gasteiger partial charge in [0.25, 0.3) is 0 Å². The molecule has 75 heavy (non-hydrogen) atoms. The Bertz CT molecular complexity index is 1300. The van der Waals surface area contributed by atoms with E-state index in [0.29, 0.717) is 19.4 Å². The summed E-state index contributed by atoms with van der Waals surface area (Å²) in [5.41, 5.74) is 0. The molecule has 0 saturated carbocycles. The molecule has 7 atom stereocenters. The van der Waals surface area contributed by atoms with E-state index in [9.17, 15) is 35.1 Å². The average Bonchev–Trinajstić information content (AvgIpc) is 3.41. The van der Waals surface area contributed by atoms with Crippen LogP contribution in [0.1, 0.15) is 309 Å². The first-order valence-corrected chi connectivity index (χ1v) is 32.1. The molecular formula is C64H121NO10. The highest BCUT2D eigenvalue weighted by molar-refractivity contribution is 5.76. The molecule has 1 aliphatic rings. The first-order chi connectivity index (χ1) is 36.7. The Morgan fingerprint density at radius 1 is 0.480 bits per heavy atom. The number of carbonyl (C=O) groups is 2. The minimum atomic E-state index is -1.57. The third-order valence-corrected chi connectivity index (χ3v) is 15.3. The van der Waals surface area contributed by atoms with Crippen LogP contribution in [-0.2, 0) is 23.8 Å². The summed E-state index contributed by atoms with van der Waals surface area (Å²) in [4.78, 5) is 25.0. The van der Waals surface area contributed by atoms with E-state index >= 15 is 0 Å². The van der Waals surface area contributed by atoms with Crippen LogP contribution in [-0.4, -0.2) is 100 Å². The molecule has 1 rings (SSSR count). The van der Waals surface area contributed by atoms with Gasteiger partial charge in [-0.1, -0.05) is 263 Å². The maximum absolute atomic E-state index is 13.0. The predicted molar refractivity (Wildman–Crippen MR) is 311 cm³/mol. The zero-order valence-corrected chi connectivity index (χ0v) is 48.8. The van der Waals surface area contributed by atoms with Gasteiger partial charge in [0.15, 0.2) is 6.29 Å². The summed E-state index contributed by atoms with van der Waals surface area (Å²) < 4.78 is 16.7. The summed E-state index contributed by atoms with van der Waals surface area (Å²) >= 11 is 0. The van der Waals surface area contributed by atoms with Gasteiger partial charge in [-0.3, -0.25) is 9.59 Å². The lowest BCUT2D eigenvalue weighted by atomic mass is 9.99. The highest BCUT2D eigenvalue weighted by Crippen LogP contribution is 2.23. The molecule has 1 amide bonds. The van der Waals surface area contributed by atoms with Crippen molar-refractivity contribution in [1.82, 2.24) is 5.32 Å². The number of amides is 1. The Hall–Kier alpha value is -1.86. The quantitative estimate of drug-likeness (QED) is 0.0195. The van der Waals surface area contributed by atoms with Crippen molar-refractivity contribution in [2.24, 2.45) is 0 Å². The molecule has 1 heterocycles. The normalized spacial score (nSPS) is 18.8. The van der Waals surface area contributed by atoms with Crippen molar-refractivity contribution < 1.29 is 49.3 Å². The van der Waals surface area contributed by atoms with Crippen molar-refractivity contribution in [1.29, 1.82) is 0 Å². The molecule has 11 heteroatoms. The van der Waals surface area contributed by atoms with Crippen LogP contribution >= 0.6 is 0 Å². The minimum Gasteiger partial charge on any atom is -0.466 e. The molecule has 1 saturated heterocycles. The van der Waals surface area contributed by atoms with E-state index in [1.165, 1.54) is 225 Å². The standard InChI is InChI=1S/C64H121NO10/c1-3-5-7-9-11-13-14-32-36-40-44-48-52-60(69)73-53-49-45-41-37-33-30-28-26-24-22-20-18-16-15-17-19-21-23-25-27-29-31-35-39-43-47-51-59(68)65-56(57(67)50-46-42-38-34-12-10-8-6-4-2)55-74-64-63(72)62(71)61(70)58(54-66)75-64/h15,17,46,50,56-58,61-64,66-67,70-72H,3-14,16,18-45,47-49,51-55H2,1-2H3,(H,65,68)/b17-15-,50-46+. The summed E-state index contributed by atoms with van der Waals surface area (Å²) in [6, 6.07) is -0.809. The van der Waals surface area contributed by atoms with Crippen LogP contribution in [0, 0.1) is 0 Å². The van der Waals surface area contributed by atoms with Crippen LogP contribution in [0.4, 0.5) is 0 Å². The van der Waals surface area contributed by atoms with E-state index < -0.39 is 49.5 Å². The molecule has 11 nitrogen and oxygen atoms in total. The number of nitrogens with one attached hydrogen (secondary N) is 1. The molecule has 1 fully saturated rings. The van der Waals surface area contributed by atoms with Crippen molar-refractivity contribution in [2.75, 3.05) is 19.8 Å². The SMILES string of the molecule is CCCCCCCCC/C=C/C(O)C(COC1OC(CO)C(O)C(O)C1O)NC(=O)CCCCCCCCCCCC/C=C\CCCCCCCCCCCCCCOC(=O)CCCCCCCCCCCCCC. The molecule has 6 N–H and O–H groups in total. The van der Waals surface area contributed by atoms with Crippen LogP contribution in [0.2, 0.25) is 0 Å². The van der Waals surface area contributed by atoms with E-state index in [0.717, 1.165) is 57.8 Å². The maximum Gasteiger partial charge on any atom is 0.305 e. The number of hydrogen-bond acceptors (Lipinski definition) is 10. The minimum absolute atomic E-state index is 0.00510. The van der Waals surface area contributed by atoms with Gasteiger partial charge < -0.3 is 45.1 Å². The van der Waals surface area contributed by atoms with Crippen molar-refractivity contribution in [3.8, 4) is 0 Å². The maximum atomic E-state index is 13.0. The summed E-state index contributed by atoms with van der Waals surface area (Å²) in [6.45, 7) is 4.33. The second kappa shape index (κ2) is 54.1. The Morgan fingerprint density at radius 2 is 0.853 bits per heavy atom. The Balaban J connectivity index is 1.97. The van der Waals surface area contributed by atoms with Gasteiger partial charge in [-0.05, 0) is 57.8 Å². The third kappa shape index (κ3) is 43.7. The van der Waals surface area contributed by atoms with E-state index in [4.69, 9.17) is 14.2 Å². The summed E-state index contributed by atoms with van der Waals surface area (Å²) in [6.07, 6.45) is 55.9. The summed E-state index contributed by atoms with van der Waals surface area (Å²) in [5.74, 6) is -0.180. The molecule has 0 aromatic carbocycles. The number of ether oxygens (including phenoxy) is 3. The van der Waals surface area contributed by atoms with E-state index in [1.807, 2.05) is 6.08 Å². The predicted octanol–water partition coefficient (Wildman–Crippen LogP) is 15.3. The fraction of sp³-hybridized carbons (Fsp3) is 0.906. The molecule has 0 radical (unpaired) electrons. The molecular weight excluding hydrogens is 943 g/mol. The first-order valence-electron chi connectivity index (χ1n) is 32.1. The lowest BCUT2D eigenvalue weighted by Gasteiger charge is -2.40. The van der Waals surface area contributed by atoms with Crippen LogP contribution in [0.5, 0.6) is 0 Å². The number of aliphatic hydroxyl groups excluding tert-OH is 5. The highest BCUT2D eigenvalue weighted by atomic mass is 16.7. The van der Waals surface area contributed by atoms with Gasteiger partial charge in [0.1, 0.15) is 24.4 Å². The topological polar surface area (TPSA) is 175 Å². The number of unbranched alkanes of at least 4 members (excludes halogenated alkanes) is 40. The number of hydrogen-bond donors (Lipinski definition) is 6. The number of aliphatic hydroxyl groups is 5. The summed E-state index contributed by atoms with van der Waals surface area (Å²) in [7, 11) is 0. The van der Waals surface area contributed by atoms with Crippen molar-refractivity contribution in [2.45, 2.75) is 352 Å². The first kappa shape index (κ1) is 71.2. The van der Waals surface area contributed by atoms with Gasteiger partial charge in [0, 0.05) is 12.8 Å². The monoisotopic (exact) mass is 1060 g/mol. The zero-order chi connectivity index (χ0) is 54.5. The Kier molecular flexibility index (Phi) is 51.3. The second-order valence-corrected chi connectivity index (χ2v) is 22.5. The van der Waals surface area contributed by atoms with E-state index in [-0.39, 0.29) is 18.5 Å². The number of carbonyl (C=O) groups excluding carboxylic acids is 2. The average molecular weight is 1060 g/mol.